The Kier molecular flexibility index (Phi) is 5.11. The third-order valence-electron chi connectivity index (χ3n) is 3.65. The predicted octanol–water partition coefficient (Wildman–Crippen LogP) is 5.44. The van der Waals surface area contributed by atoms with Crippen molar-refractivity contribution in [1.82, 2.24) is 4.90 Å². The summed E-state index contributed by atoms with van der Waals surface area (Å²) in [6, 6.07) is 10.9. The van der Waals surface area contributed by atoms with Crippen LogP contribution in [0.1, 0.15) is 25.5 Å². The van der Waals surface area contributed by atoms with Gasteiger partial charge in [-0.3, -0.25) is 14.5 Å². The van der Waals surface area contributed by atoms with Gasteiger partial charge < -0.3 is 4.42 Å². The van der Waals surface area contributed by atoms with E-state index in [1.165, 1.54) is 4.90 Å². The van der Waals surface area contributed by atoms with Crippen LogP contribution in [0.3, 0.4) is 0 Å². The van der Waals surface area contributed by atoms with Crippen LogP contribution in [0.2, 0.25) is 5.02 Å². The van der Waals surface area contributed by atoms with E-state index in [1.807, 2.05) is 25.1 Å². The number of thioether (sulfide) groups is 1. The molecule has 0 unspecified atom stereocenters. The third kappa shape index (κ3) is 3.42. The summed E-state index contributed by atoms with van der Waals surface area (Å²) in [5.41, 5.74) is 0.787. The number of hydrogen-bond donors (Lipinski definition) is 0. The van der Waals surface area contributed by atoms with Gasteiger partial charge in [0.15, 0.2) is 0 Å². The first kappa shape index (κ1) is 16.9. The Balaban J connectivity index is 1.82. The van der Waals surface area contributed by atoms with Crippen LogP contribution in [-0.2, 0) is 4.79 Å². The number of nitrogens with zero attached hydrogens (tertiary/aromatic N) is 1. The molecule has 6 heteroatoms. The molecule has 24 heavy (non-hydrogen) atoms. The standard InChI is InChI=1S/C18H16ClNO3S/c1-2-3-10-20-17(21)16(24-18(20)22)11-12-8-9-15(23-12)13-6-4-5-7-14(13)19/h4-9,11H,2-3,10H2,1H3. The van der Waals surface area contributed by atoms with Crippen molar-refractivity contribution in [2.75, 3.05) is 6.54 Å². The summed E-state index contributed by atoms with van der Waals surface area (Å²) >= 11 is 7.11. The van der Waals surface area contributed by atoms with E-state index in [2.05, 4.69) is 0 Å². The van der Waals surface area contributed by atoms with Crippen molar-refractivity contribution in [2.45, 2.75) is 19.8 Å². The molecule has 4 nitrogen and oxygen atoms in total. The summed E-state index contributed by atoms with van der Waals surface area (Å²) in [5.74, 6) is 0.886. The molecule has 1 aromatic carbocycles. The monoisotopic (exact) mass is 361 g/mol. The molecule has 3 rings (SSSR count). The van der Waals surface area contributed by atoms with E-state index >= 15 is 0 Å². The molecule has 2 amide bonds. The van der Waals surface area contributed by atoms with Crippen molar-refractivity contribution in [3.8, 4) is 11.3 Å². The van der Waals surface area contributed by atoms with E-state index in [4.69, 9.17) is 16.0 Å². The highest BCUT2D eigenvalue weighted by Crippen LogP contribution is 2.34. The Hall–Kier alpha value is -1.98. The SMILES string of the molecule is CCCCN1C(=O)SC(=Cc2ccc(-c3ccccc3Cl)o2)C1=O. The number of benzene rings is 1. The second-order valence-corrected chi connectivity index (χ2v) is 6.77. The van der Waals surface area contributed by atoms with Gasteiger partial charge >= 0.3 is 0 Å². The minimum atomic E-state index is -0.255. The Morgan fingerprint density at radius 2 is 2.00 bits per heavy atom. The Bertz CT molecular complexity index is 812. The molecule has 1 saturated heterocycles. The molecule has 0 radical (unpaired) electrons. The van der Waals surface area contributed by atoms with Crippen LogP contribution in [0.5, 0.6) is 0 Å². The van der Waals surface area contributed by atoms with Crippen molar-refractivity contribution in [3.05, 3.63) is 52.1 Å². The van der Waals surface area contributed by atoms with Crippen LogP contribution in [0.4, 0.5) is 4.79 Å². The van der Waals surface area contributed by atoms with Gasteiger partial charge in [-0.2, -0.15) is 0 Å². The summed E-state index contributed by atoms with van der Waals surface area (Å²) in [6.45, 7) is 2.48. The molecule has 0 atom stereocenters. The maximum Gasteiger partial charge on any atom is 0.293 e. The minimum Gasteiger partial charge on any atom is -0.457 e. The first-order chi connectivity index (χ1) is 11.6. The molecule has 1 fully saturated rings. The third-order valence-corrected chi connectivity index (χ3v) is 4.89. The van der Waals surface area contributed by atoms with Gasteiger partial charge in [-0.05, 0) is 42.4 Å². The molecule has 1 aliphatic heterocycles. The molecule has 1 aromatic heterocycles. The lowest BCUT2D eigenvalue weighted by Gasteiger charge is -2.10. The van der Waals surface area contributed by atoms with Crippen molar-refractivity contribution in [3.63, 3.8) is 0 Å². The topological polar surface area (TPSA) is 50.5 Å². The summed E-state index contributed by atoms with van der Waals surface area (Å²) in [6.07, 6.45) is 3.35. The normalized spacial score (nSPS) is 16.4. The van der Waals surface area contributed by atoms with E-state index in [-0.39, 0.29) is 11.1 Å². The zero-order valence-electron chi connectivity index (χ0n) is 13.1. The second-order valence-electron chi connectivity index (χ2n) is 5.37. The zero-order chi connectivity index (χ0) is 17.1. The molecule has 0 bridgehead atoms. The van der Waals surface area contributed by atoms with Crippen LogP contribution < -0.4 is 0 Å². The van der Waals surface area contributed by atoms with E-state index in [0.29, 0.717) is 28.0 Å². The van der Waals surface area contributed by atoms with Gasteiger partial charge in [-0.25, -0.2) is 0 Å². The highest BCUT2D eigenvalue weighted by Gasteiger charge is 2.34. The molecule has 2 aromatic rings. The van der Waals surface area contributed by atoms with Crippen LogP contribution in [0.15, 0.2) is 45.7 Å². The number of furan rings is 1. The van der Waals surface area contributed by atoms with Gasteiger partial charge in [0.05, 0.1) is 9.93 Å². The molecular formula is C18H16ClNO3S. The average Bonchev–Trinajstić information content (AvgIpc) is 3.12. The minimum absolute atomic E-state index is 0.224. The van der Waals surface area contributed by atoms with Crippen molar-refractivity contribution >= 4 is 40.6 Å². The molecule has 1 aliphatic rings. The summed E-state index contributed by atoms with van der Waals surface area (Å²) in [5, 5.41) is 0.371. The van der Waals surface area contributed by atoms with Crippen molar-refractivity contribution in [2.24, 2.45) is 0 Å². The molecule has 124 valence electrons. The number of imide groups is 1. The molecular weight excluding hydrogens is 346 g/mol. The fourth-order valence-corrected chi connectivity index (χ4v) is 3.45. The second kappa shape index (κ2) is 7.28. The Labute approximate surface area is 149 Å². The highest BCUT2D eigenvalue weighted by atomic mass is 35.5. The first-order valence-corrected chi connectivity index (χ1v) is 8.89. The largest absolute Gasteiger partial charge is 0.457 e. The van der Waals surface area contributed by atoms with Gasteiger partial charge in [0.1, 0.15) is 11.5 Å². The maximum absolute atomic E-state index is 12.3. The molecule has 2 heterocycles. The van der Waals surface area contributed by atoms with Crippen LogP contribution in [-0.4, -0.2) is 22.6 Å². The summed E-state index contributed by atoms with van der Waals surface area (Å²) in [4.78, 5) is 25.9. The highest BCUT2D eigenvalue weighted by molar-refractivity contribution is 8.18. The van der Waals surface area contributed by atoms with Crippen molar-refractivity contribution < 1.29 is 14.0 Å². The fraction of sp³-hybridized carbons (Fsp3) is 0.222. The molecule has 0 N–H and O–H groups in total. The van der Waals surface area contributed by atoms with Gasteiger partial charge in [0, 0.05) is 18.2 Å². The average molecular weight is 362 g/mol. The Morgan fingerprint density at radius 1 is 1.21 bits per heavy atom. The van der Waals surface area contributed by atoms with Gasteiger partial charge in [-0.1, -0.05) is 37.1 Å². The van der Waals surface area contributed by atoms with Crippen molar-refractivity contribution in [1.29, 1.82) is 0 Å². The smallest absolute Gasteiger partial charge is 0.293 e. The lowest BCUT2D eigenvalue weighted by atomic mass is 10.2. The van der Waals surface area contributed by atoms with Gasteiger partial charge in [0.2, 0.25) is 0 Å². The lowest BCUT2D eigenvalue weighted by molar-refractivity contribution is -0.122. The molecule has 0 spiro atoms. The lowest BCUT2D eigenvalue weighted by Crippen LogP contribution is -2.29. The number of carbonyl (C=O) groups is 2. The first-order valence-electron chi connectivity index (χ1n) is 7.70. The number of rotatable bonds is 5. The van der Waals surface area contributed by atoms with E-state index in [9.17, 15) is 9.59 Å². The predicted molar refractivity (Wildman–Crippen MR) is 96.7 cm³/mol. The number of hydrogen-bond acceptors (Lipinski definition) is 4. The molecule has 0 aliphatic carbocycles. The molecule has 0 saturated carbocycles. The van der Waals surface area contributed by atoms with Gasteiger partial charge in [-0.15, -0.1) is 0 Å². The Morgan fingerprint density at radius 3 is 2.75 bits per heavy atom. The quantitative estimate of drug-likeness (QED) is 0.665. The number of amides is 2. The number of unbranched alkanes of at least 4 members (excludes halogenated alkanes) is 1. The van der Waals surface area contributed by atoms with Crippen LogP contribution in [0.25, 0.3) is 17.4 Å². The van der Waals surface area contributed by atoms with Crippen LogP contribution in [0, 0.1) is 0 Å². The number of halogens is 1. The summed E-state index contributed by atoms with van der Waals surface area (Å²) in [7, 11) is 0. The number of carbonyl (C=O) groups excluding carboxylic acids is 2. The van der Waals surface area contributed by atoms with Gasteiger partial charge in [0.25, 0.3) is 11.1 Å². The van der Waals surface area contributed by atoms with Crippen LogP contribution >= 0.6 is 23.4 Å². The zero-order valence-corrected chi connectivity index (χ0v) is 14.7. The van der Waals surface area contributed by atoms with E-state index in [0.717, 1.165) is 30.2 Å². The fourth-order valence-electron chi connectivity index (χ4n) is 2.37. The van der Waals surface area contributed by atoms with E-state index in [1.54, 1.807) is 24.3 Å². The maximum atomic E-state index is 12.3. The van der Waals surface area contributed by atoms with E-state index < -0.39 is 0 Å². The summed E-state index contributed by atoms with van der Waals surface area (Å²) < 4.78 is 5.76.